The second-order valence-electron chi connectivity index (χ2n) is 4.20. The zero-order valence-electron chi connectivity index (χ0n) is 9.93. The summed E-state index contributed by atoms with van der Waals surface area (Å²) < 4.78 is 1.60. The highest BCUT2D eigenvalue weighted by molar-refractivity contribution is 5.33. The van der Waals surface area contributed by atoms with Gasteiger partial charge in [0, 0.05) is 46.2 Å². The van der Waals surface area contributed by atoms with Crippen LogP contribution in [0.2, 0.25) is 0 Å². The van der Waals surface area contributed by atoms with Gasteiger partial charge < -0.3 is 10.2 Å². The lowest BCUT2D eigenvalue weighted by atomic mass is 10.2. The number of piperazine rings is 1. The van der Waals surface area contributed by atoms with Gasteiger partial charge in [-0.3, -0.25) is 14.8 Å². The van der Waals surface area contributed by atoms with Crippen LogP contribution < -0.4 is 5.32 Å². The Balaban J connectivity index is 1.97. The second kappa shape index (κ2) is 5.24. The third kappa shape index (κ3) is 2.80. The van der Waals surface area contributed by atoms with E-state index in [4.69, 9.17) is 0 Å². The number of hydrogen-bond donors (Lipinski definition) is 1. The summed E-state index contributed by atoms with van der Waals surface area (Å²) in [4.78, 5) is 12.8. The molecule has 0 aromatic carbocycles. The Morgan fingerprint density at radius 3 is 2.88 bits per heavy atom. The topological polar surface area (TPSA) is 76.2 Å². The van der Waals surface area contributed by atoms with E-state index in [1.54, 1.807) is 11.7 Å². The van der Waals surface area contributed by atoms with Crippen LogP contribution in [-0.2, 0) is 13.5 Å². The Bertz CT molecular complexity index is 397. The Morgan fingerprint density at radius 2 is 2.24 bits per heavy atom. The molecule has 94 valence electrons. The van der Waals surface area contributed by atoms with Gasteiger partial charge in [-0.2, -0.15) is 5.10 Å². The molecule has 1 fully saturated rings. The molecule has 17 heavy (non-hydrogen) atoms. The van der Waals surface area contributed by atoms with E-state index in [1.165, 1.54) is 6.20 Å². The van der Waals surface area contributed by atoms with Crippen LogP contribution in [0, 0.1) is 10.1 Å². The highest BCUT2D eigenvalue weighted by atomic mass is 16.6. The van der Waals surface area contributed by atoms with Crippen molar-refractivity contribution in [3.05, 3.63) is 22.0 Å². The van der Waals surface area contributed by atoms with E-state index in [0.717, 1.165) is 32.7 Å². The van der Waals surface area contributed by atoms with Crippen molar-refractivity contribution in [2.75, 3.05) is 32.7 Å². The summed E-state index contributed by atoms with van der Waals surface area (Å²) >= 11 is 0. The van der Waals surface area contributed by atoms with E-state index < -0.39 is 0 Å². The van der Waals surface area contributed by atoms with Crippen molar-refractivity contribution in [3.63, 3.8) is 0 Å². The lowest BCUT2D eigenvalue weighted by Gasteiger charge is -2.26. The molecule has 2 heterocycles. The molecule has 1 aliphatic heterocycles. The molecule has 0 spiro atoms. The maximum Gasteiger partial charge on any atom is 0.310 e. The molecule has 0 aliphatic carbocycles. The molecule has 7 nitrogen and oxygen atoms in total. The monoisotopic (exact) mass is 239 g/mol. The molecule has 0 unspecified atom stereocenters. The van der Waals surface area contributed by atoms with Crippen LogP contribution in [0.1, 0.15) is 5.69 Å². The van der Waals surface area contributed by atoms with E-state index in [0.29, 0.717) is 12.1 Å². The zero-order chi connectivity index (χ0) is 12.3. The van der Waals surface area contributed by atoms with Gasteiger partial charge in [0.25, 0.3) is 0 Å². The molecule has 1 saturated heterocycles. The van der Waals surface area contributed by atoms with Crippen molar-refractivity contribution in [3.8, 4) is 0 Å². The molecule has 0 saturated carbocycles. The zero-order valence-corrected chi connectivity index (χ0v) is 9.93. The second-order valence-corrected chi connectivity index (χ2v) is 4.20. The molecule has 1 aliphatic rings. The summed E-state index contributed by atoms with van der Waals surface area (Å²) in [5.74, 6) is 0. The Hall–Kier alpha value is -1.47. The quantitative estimate of drug-likeness (QED) is 0.580. The third-order valence-corrected chi connectivity index (χ3v) is 3.11. The van der Waals surface area contributed by atoms with E-state index in [-0.39, 0.29) is 10.6 Å². The number of nitrogens with one attached hydrogen (secondary N) is 1. The van der Waals surface area contributed by atoms with Gasteiger partial charge in [0.1, 0.15) is 11.9 Å². The highest BCUT2D eigenvalue weighted by Gasteiger charge is 2.19. The Kier molecular flexibility index (Phi) is 3.70. The smallest absolute Gasteiger partial charge is 0.310 e. The largest absolute Gasteiger partial charge is 0.314 e. The predicted molar refractivity (Wildman–Crippen MR) is 62.9 cm³/mol. The normalized spacial score (nSPS) is 17.2. The fraction of sp³-hybridized carbons (Fsp3) is 0.700. The van der Waals surface area contributed by atoms with Gasteiger partial charge in [0.2, 0.25) is 0 Å². The van der Waals surface area contributed by atoms with Gasteiger partial charge in [0.15, 0.2) is 0 Å². The SMILES string of the molecule is Cn1ncc([N+](=O)[O-])c1CCN1CCNCC1. The number of aromatic nitrogens is 2. The molecule has 0 bridgehead atoms. The van der Waals surface area contributed by atoms with Crippen LogP contribution in [0.25, 0.3) is 0 Å². The first kappa shape index (κ1) is 12.0. The van der Waals surface area contributed by atoms with Crippen molar-refractivity contribution in [1.82, 2.24) is 20.0 Å². The molecule has 1 aromatic rings. The summed E-state index contributed by atoms with van der Waals surface area (Å²) in [7, 11) is 1.75. The fourth-order valence-corrected chi connectivity index (χ4v) is 2.09. The number of aryl methyl sites for hydroxylation is 1. The first-order valence-corrected chi connectivity index (χ1v) is 5.77. The first-order valence-electron chi connectivity index (χ1n) is 5.77. The van der Waals surface area contributed by atoms with Crippen LogP contribution in [-0.4, -0.2) is 52.3 Å². The molecule has 7 heteroatoms. The number of rotatable bonds is 4. The molecule has 2 rings (SSSR count). The van der Waals surface area contributed by atoms with Gasteiger partial charge in [-0.05, 0) is 0 Å². The standard InChI is InChI=1S/C10H17N5O2/c1-13-9(10(8-12-13)15(16)17)2-5-14-6-3-11-4-7-14/h8,11H,2-7H2,1H3. The summed E-state index contributed by atoms with van der Waals surface area (Å²) in [5, 5.41) is 18.0. The summed E-state index contributed by atoms with van der Waals surface area (Å²) in [5.41, 5.74) is 0.830. The summed E-state index contributed by atoms with van der Waals surface area (Å²) in [6.07, 6.45) is 2.00. The molecular formula is C10H17N5O2. The highest BCUT2D eigenvalue weighted by Crippen LogP contribution is 2.17. The van der Waals surface area contributed by atoms with Gasteiger partial charge >= 0.3 is 5.69 Å². The number of nitrogens with zero attached hydrogens (tertiary/aromatic N) is 4. The first-order chi connectivity index (χ1) is 8.18. The van der Waals surface area contributed by atoms with Crippen molar-refractivity contribution in [2.24, 2.45) is 7.05 Å². The molecule has 0 atom stereocenters. The van der Waals surface area contributed by atoms with Crippen LogP contribution in [0.3, 0.4) is 0 Å². The van der Waals surface area contributed by atoms with Crippen molar-refractivity contribution >= 4 is 5.69 Å². The van der Waals surface area contributed by atoms with Crippen LogP contribution in [0.15, 0.2) is 6.20 Å². The molecule has 1 aromatic heterocycles. The maximum absolute atomic E-state index is 10.8. The average Bonchev–Trinajstić information content (AvgIpc) is 2.69. The molecule has 0 amide bonds. The fourth-order valence-electron chi connectivity index (χ4n) is 2.09. The Labute approximate surface area is 99.6 Å². The van der Waals surface area contributed by atoms with Gasteiger partial charge in [-0.15, -0.1) is 0 Å². The minimum Gasteiger partial charge on any atom is -0.314 e. The Morgan fingerprint density at radius 1 is 1.53 bits per heavy atom. The third-order valence-electron chi connectivity index (χ3n) is 3.11. The summed E-state index contributed by atoms with van der Waals surface area (Å²) in [6, 6.07) is 0. The molecule has 1 N–H and O–H groups in total. The van der Waals surface area contributed by atoms with Crippen LogP contribution in [0.5, 0.6) is 0 Å². The van der Waals surface area contributed by atoms with Crippen molar-refractivity contribution in [2.45, 2.75) is 6.42 Å². The lowest BCUT2D eigenvalue weighted by Crippen LogP contribution is -2.44. The molecule has 0 radical (unpaired) electrons. The van der Waals surface area contributed by atoms with Crippen molar-refractivity contribution in [1.29, 1.82) is 0 Å². The summed E-state index contributed by atoms with van der Waals surface area (Å²) in [6.45, 7) is 4.85. The molecular weight excluding hydrogens is 222 g/mol. The minimum atomic E-state index is -0.361. The van der Waals surface area contributed by atoms with Gasteiger partial charge in [0.05, 0.1) is 4.92 Å². The van der Waals surface area contributed by atoms with E-state index in [1.807, 2.05) is 0 Å². The maximum atomic E-state index is 10.8. The van der Waals surface area contributed by atoms with E-state index in [2.05, 4.69) is 15.3 Å². The van der Waals surface area contributed by atoms with Crippen LogP contribution >= 0.6 is 0 Å². The lowest BCUT2D eigenvalue weighted by molar-refractivity contribution is -0.385. The van der Waals surface area contributed by atoms with Crippen LogP contribution in [0.4, 0.5) is 5.69 Å². The minimum absolute atomic E-state index is 0.127. The number of nitro groups is 1. The predicted octanol–water partition coefficient (Wildman–Crippen LogP) is -0.224. The average molecular weight is 239 g/mol. The number of hydrogen-bond acceptors (Lipinski definition) is 5. The van der Waals surface area contributed by atoms with E-state index in [9.17, 15) is 10.1 Å². The van der Waals surface area contributed by atoms with Gasteiger partial charge in [-0.1, -0.05) is 0 Å². The van der Waals surface area contributed by atoms with E-state index >= 15 is 0 Å². The van der Waals surface area contributed by atoms with Crippen molar-refractivity contribution < 1.29 is 4.92 Å². The van der Waals surface area contributed by atoms with Gasteiger partial charge in [-0.25, -0.2) is 0 Å².